The number of hydrogen-bond donors (Lipinski definition) is 1. The first-order chi connectivity index (χ1) is 5.64. The van der Waals surface area contributed by atoms with Crippen LogP contribution in [0.4, 0.5) is 0 Å². The summed E-state index contributed by atoms with van der Waals surface area (Å²) in [6.45, 7) is 1.65. The first kappa shape index (κ1) is 10.4. The Morgan fingerprint density at radius 3 is 2.33 bits per heavy atom. The highest BCUT2D eigenvalue weighted by Gasteiger charge is 2.15. The van der Waals surface area contributed by atoms with Gasteiger partial charge in [0.25, 0.3) is 0 Å². The molecule has 12 heavy (non-hydrogen) atoms. The van der Waals surface area contributed by atoms with E-state index in [9.17, 15) is 8.42 Å². The van der Waals surface area contributed by atoms with E-state index in [4.69, 9.17) is 0 Å². The van der Waals surface area contributed by atoms with Crippen molar-refractivity contribution in [2.75, 3.05) is 17.8 Å². The molecule has 0 aromatic carbocycles. The van der Waals surface area contributed by atoms with E-state index in [0.29, 0.717) is 0 Å². The average molecular weight is 257 g/mol. The molecule has 1 saturated heterocycles. The number of nitrogens with one attached hydrogen (secondary N) is 1. The van der Waals surface area contributed by atoms with E-state index in [-0.39, 0.29) is 4.66 Å². The summed E-state index contributed by atoms with van der Waals surface area (Å²) in [6.07, 6.45) is 3.35. The van der Waals surface area contributed by atoms with Gasteiger partial charge in [-0.25, -0.2) is 13.4 Å². The Morgan fingerprint density at radius 1 is 1.25 bits per heavy atom. The Balaban J connectivity index is 2.39. The van der Waals surface area contributed by atoms with E-state index in [1.807, 2.05) is 0 Å². The highest BCUT2D eigenvalue weighted by atomic mass is 79.9. The maximum absolute atomic E-state index is 11.1. The molecule has 0 bridgehead atoms. The number of alkyl halides is 1. The Bertz CT molecular complexity index is 224. The number of piperidine rings is 1. The Labute approximate surface area is 81.5 Å². The number of hydrazine groups is 1. The molecule has 4 nitrogen and oxygen atoms in total. The standard InChI is InChI=1S/C6H13BrN2O2S/c7-6-12(10,11)8-9-4-2-1-3-5-9/h8H,1-6H2. The maximum atomic E-state index is 11.1. The molecule has 0 aliphatic carbocycles. The van der Waals surface area contributed by atoms with Crippen molar-refractivity contribution < 1.29 is 8.42 Å². The summed E-state index contributed by atoms with van der Waals surface area (Å²) in [6, 6.07) is 0. The Kier molecular flexibility index (Phi) is 3.95. The van der Waals surface area contributed by atoms with Crippen LogP contribution in [0.5, 0.6) is 0 Å². The molecule has 1 N–H and O–H groups in total. The molecule has 0 aromatic heterocycles. The van der Waals surface area contributed by atoms with Gasteiger partial charge in [0.1, 0.15) is 4.66 Å². The van der Waals surface area contributed by atoms with Crippen molar-refractivity contribution in [1.29, 1.82) is 0 Å². The van der Waals surface area contributed by atoms with Gasteiger partial charge in [0, 0.05) is 13.1 Å². The lowest BCUT2D eigenvalue weighted by atomic mass is 10.2. The second-order valence-electron chi connectivity index (χ2n) is 2.86. The van der Waals surface area contributed by atoms with Gasteiger partial charge in [-0.3, -0.25) is 0 Å². The number of rotatable bonds is 3. The van der Waals surface area contributed by atoms with Crippen LogP contribution in [-0.4, -0.2) is 31.2 Å². The molecule has 1 aliphatic heterocycles. The fraction of sp³-hybridized carbons (Fsp3) is 1.00. The Morgan fingerprint density at radius 2 is 1.83 bits per heavy atom. The van der Waals surface area contributed by atoms with E-state index in [1.54, 1.807) is 5.01 Å². The minimum Gasteiger partial charge on any atom is -0.231 e. The molecule has 0 amide bonds. The molecule has 0 spiro atoms. The third kappa shape index (κ3) is 3.38. The summed E-state index contributed by atoms with van der Waals surface area (Å²) >= 11 is 2.92. The van der Waals surface area contributed by atoms with Crippen LogP contribution in [-0.2, 0) is 10.0 Å². The SMILES string of the molecule is O=S(=O)(CBr)NN1CCCCC1. The van der Waals surface area contributed by atoms with Crippen molar-refractivity contribution in [2.45, 2.75) is 19.3 Å². The minimum atomic E-state index is -3.13. The summed E-state index contributed by atoms with van der Waals surface area (Å²) in [5, 5.41) is 1.76. The van der Waals surface area contributed by atoms with Gasteiger partial charge in [-0.2, -0.15) is 0 Å². The number of sulfonamides is 1. The first-order valence-corrected chi connectivity index (χ1v) is 6.72. The van der Waals surface area contributed by atoms with Gasteiger partial charge in [-0.15, -0.1) is 4.83 Å². The number of nitrogens with zero attached hydrogens (tertiary/aromatic N) is 1. The Hall–Kier alpha value is 0.350. The summed E-state index contributed by atoms with van der Waals surface area (Å²) in [4.78, 5) is 2.50. The molecule has 72 valence electrons. The fourth-order valence-electron chi connectivity index (χ4n) is 1.21. The summed E-state index contributed by atoms with van der Waals surface area (Å²) in [5.74, 6) is 0. The van der Waals surface area contributed by atoms with Crippen LogP contribution in [0.3, 0.4) is 0 Å². The van der Waals surface area contributed by atoms with E-state index >= 15 is 0 Å². The van der Waals surface area contributed by atoms with Gasteiger partial charge in [0.05, 0.1) is 0 Å². The molecule has 6 heteroatoms. The molecular weight excluding hydrogens is 244 g/mol. The van der Waals surface area contributed by atoms with E-state index in [2.05, 4.69) is 20.8 Å². The van der Waals surface area contributed by atoms with Gasteiger partial charge < -0.3 is 0 Å². The molecule has 1 rings (SSSR count). The smallest absolute Gasteiger partial charge is 0.231 e. The van der Waals surface area contributed by atoms with E-state index in [1.165, 1.54) is 6.42 Å². The molecule has 1 fully saturated rings. The maximum Gasteiger partial charge on any atom is 0.234 e. The zero-order valence-electron chi connectivity index (χ0n) is 6.79. The van der Waals surface area contributed by atoms with Crippen molar-refractivity contribution in [3.05, 3.63) is 0 Å². The topological polar surface area (TPSA) is 49.4 Å². The third-order valence-electron chi connectivity index (χ3n) is 1.77. The lowest BCUT2D eigenvalue weighted by Crippen LogP contribution is -2.45. The van der Waals surface area contributed by atoms with Crippen LogP contribution < -0.4 is 4.83 Å². The van der Waals surface area contributed by atoms with Gasteiger partial charge in [0.15, 0.2) is 0 Å². The highest BCUT2D eigenvalue weighted by molar-refractivity contribution is 9.10. The van der Waals surface area contributed by atoms with Gasteiger partial charge >= 0.3 is 0 Å². The summed E-state index contributed by atoms with van der Waals surface area (Å²) < 4.78 is 22.1. The van der Waals surface area contributed by atoms with Crippen molar-refractivity contribution >= 4 is 26.0 Å². The monoisotopic (exact) mass is 256 g/mol. The molecule has 0 saturated carbocycles. The number of hydrogen-bond acceptors (Lipinski definition) is 3. The molecule has 0 unspecified atom stereocenters. The van der Waals surface area contributed by atoms with Crippen molar-refractivity contribution in [3.63, 3.8) is 0 Å². The lowest BCUT2D eigenvalue weighted by Gasteiger charge is -2.25. The molecule has 1 aliphatic rings. The van der Waals surface area contributed by atoms with Gasteiger partial charge in [-0.05, 0) is 12.8 Å². The largest absolute Gasteiger partial charge is 0.234 e. The fourth-order valence-corrected chi connectivity index (χ4v) is 2.14. The molecule has 0 radical (unpaired) electrons. The van der Waals surface area contributed by atoms with Crippen molar-refractivity contribution in [1.82, 2.24) is 9.84 Å². The summed E-state index contributed by atoms with van der Waals surface area (Å²) in [7, 11) is -3.13. The van der Waals surface area contributed by atoms with Crippen LogP contribution in [0, 0.1) is 0 Å². The molecule has 0 atom stereocenters. The van der Waals surface area contributed by atoms with Gasteiger partial charge in [0.2, 0.25) is 10.0 Å². The van der Waals surface area contributed by atoms with Crippen LogP contribution in [0.15, 0.2) is 0 Å². The predicted octanol–water partition coefficient (Wildman–Crippen LogP) is 0.659. The normalized spacial score (nSPS) is 21.1. The highest BCUT2D eigenvalue weighted by Crippen LogP contribution is 2.07. The summed E-state index contributed by atoms with van der Waals surface area (Å²) in [5.41, 5.74) is 0. The van der Waals surface area contributed by atoms with Crippen LogP contribution in [0.25, 0.3) is 0 Å². The average Bonchev–Trinajstić information content (AvgIpc) is 2.06. The third-order valence-corrected chi connectivity index (χ3v) is 4.40. The molecule has 0 aromatic rings. The number of halogens is 1. The molecule has 1 heterocycles. The van der Waals surface area contributed by atoms with Crippen LogP contribution in [0.1, 0.15) is 19.3 Å². The second kappa shape index (κ2) is 4.55. The van der Waals surface area contributed by atoms with E-state index in [0.717, 1.165) is 25.9 Å². The van der Waals surface area contributed by atoms with E-state index < -0.39 is 10.0 Å². The minimum absolute atomic E-state index is 0.0312. The van der Waals surface area contributed by atoms with Crippen LogP contribution >= 0.6 is 15.9 Å². The van der Waals surface area contributed by atoms with Crippen molar-refractivity contribution in [2.24, 2.45) is 0 Å². The van der Waals surface area contributed by atoms with Crippen molar-refractivity contribution in [3.8, 4) is 0 Å². The second-order valence-corrected chi connectivity index (χ2v) is 5.87. The van der Waals surface area contributed by atoms with Crippen LogP contribution in [0.2, 0.25) is 0 Å². The molecular formula is C6H13BrN2O2S. The predicted molar refractivity (Wildman–Crippen MR) is 51.3 cm³/mol. The quantitative estimate of drug-likeness (QED) is 0.755. The van der Waals surface area contributed by atoms with Gasteiger partial charge in [-0.1, -0.05) is 22.4 Å². The zero-order valence-corrected chi connectivity index (χ0v) is 9.20. The lowest BCUT2D eigenvalue weighted by molar-refractivity contribution is 0.200. The first-order valence-electron chi connectivity index (χ1n) is 3.95. The zero-order chi connectivity index (χ0) is 9.03.